The smallest absolute Gasteiger partial charge is 0.328 e. The number of aryl methyl sites for hydroxylation is 1. The Morgan fingerprint density at radius 2 is 2.46 bits per heavy atom. The predicted molar refractivity (Wildman–Crippen MR) is 47.1 cm³/mol. The summed E-state index contributed by atoms with van der Waals surface area (Å²) in [7, 11) is 0. The molecule has 2 N–H and O–H groups in total. The van der Waals surface area contributed by atoms with Crippen molar-refractivity contribution in [2.45, 2.75) is 19.3 Å². The third-order valence-electron chi connectivity index (χ3n) is 2.23. The number of rotatable bonds is 1. The van der Waals surface area contributed by atoms with Gasteiger partial charge in [-0.3, -0.25) is 5.10 Å². The Bertz CT molecular complexity index is 365. The molecule has 0 spiro atoms. The maximum absolute atomic E-state index is 10.5. The Hall–Kier alpha value is -1.58. The van der Waals surface area contributed by atoms with Crippen LogP contribution in [0.4, 0.5) is 0 Å². The fourth-order valence-electron chi connectivity index (χ4n) is 1.67. The molecule has 1 aliphatic rings. The van der Waals surface area contributed by atoms with Gasteiger partial charge in [-0.25, -0.2) is 4.79 Å². The molecule has 0 aliphatic heterocycles. The molecular formula is C9H10N2O2. The topological polar surface area (TPSA) is 66.0 Å². The number of H-pyrrole nitrogens is 1. The average molecular weight is 178 g/mol. The zero-order valence-electron chi connectivity index (χ0n) is 7.08. The highest BCUT2D eigenvalue weighted by Gasteiger charge is 2.16. The maximum atomic E-state index is 10.5. The lowest BCUT2D eigenvalue weighted by atomic mass is 9.93. The SMILES string of the molecule is O=C(O)/C=C1\CCCc2cn[nH]c21. The largest absolute Gasteiger partial charge is 0.478 e. The number of allylic oxidation sites excluding steroid dienone is 1. The Morgan fingerprint density at radius 1 is 1.62 bits per heavy atom. The molecule has 0 unspecified atom stereocenters. The van der Waals surface area contributed by atoms with E-state index in [9.17, 15) is 4.79 Å². The van der Waals surface area contributed by atoms with E-state index in [1.54, 1.807) is 6.20 Å². The molecule has 2 rings (SSSR count). The normalized spacial score (nSPS) is 18.6. The minimum atomic E-state index is -0.891. The second-order valence-corrected chi connectivity index (χ2v) is 3.13. The van der Waals surface area contributed by atoms with Crippen molar-refractivity contribution in [3.63, 3.8) is 0 Å². The highest BCUT2D eigenvalue weighted by atomic mass is 16.4. The van der Waals surface area contributed by atoms with Crippen LogP contribution in [0.25, 0.3) is 5.57 Å². The molecule has 0 saturated carbocycles. The summed E-state index contributed by atoms with van der Waals surface area (Å²) < 4.78 is 0. The number of aliphatic carboxylic acids is 1. The molecule has 0 radical (unpaired) electrons. The number of aromatic amines is 1. The lowest BCUT2D eigenvalue weighted by Crippen LogP contribution is -2.02. The number of nitrogens with zero attached hydrogens (tertiary/aromatic N) is 1. The summed E-state index contributed by atoms with van der Waals surface area (Å²) >= 11 is 0. The van der Waals surface area contributed by atoms with Crippen LogP contribution in [-0.2, 0) is 11.2 Å². The second-order valence-electron chi connectivity index (χ2n) is 3.13. The Balaban J connectivity index is 2.40. The highest BCUT2D eigenvalue weighted by Crippen LogP contribution is 2.28. The molecule has 4 nitrogen and oxygen atoms in total. The van der Waals surface area contributed by atoms with Gasteiger partial charge in [-0.15, -0.1) is 0 Å². The van der Waals surface area contributed by atoms with Crippen molar-refractivity contribution in [1.29, 1.82) is 0 Å². The molecule has 0 saturated heterocycles. The van der Waals surface area contributed by atoms with Gasteiger partial charge in [0.25, 0.3) is 0 Å². The van der Waals surface area contributed by atoms with Gasteiger partial charge >= 0.3 is 5.97 Å². The van der Waals surface area contributed by atoms with Crippen LogP contribution >= 0.6 is 0 Å². The molecule has 68 valence electrons. The maximum Gasteiger partial charge on any atom is 0.328 e. The van der Waals surface area contributed by atoms with Crippen LogP contribution in [0.5, 0.6) is 0 Å². The molecule has 13 heavy (non-hydrogen) atoms. The number of carboxylic acid groups (broad SMARTS) is 1. The molecule has 1 heterocycles. The highest BCUT2D eigenvalue weighted by molar-refractivity contribution is 5.90. The standard InChI is InChI=1S/C9H10N2O2/c12-8(13)4-6-2-1-3-7-5-10-11-9(6)7/h4-5H,1-3H2,(H,10,11)(H,12,13)/b6-4+. The second kappa shape index (κ2) is 3.05. The quantitative estimate of drug-likeness (QED) is 0.635. The van der Waals surface area contributed by atoms with Crippen LogP contribution in [0.3, 0.4) is 0 Å². The van der Waals surface area contributed by atoms with Crippen LogP contribution in [0.1, 0.15) is 24.1 Å². The number of hydrogen-bond donors (Lipinski definition) is 2. The first-order valence-electron chi connectivity index (χ1n) is 4.23. The Morgan fingerprint density at radius 3 is 3.23 bits per heavy atom. The summed E-state index contributed by atoms with van der Waals surface area (Å²) in [4.78, 5) is 10.5. The summed E-state index contributed by atoms with van der Waals surface area (Å²) in [5, 5.41) is 15.4. The van der Waals surface area contributed by atoms with Gasteiger partial charge in [0.2, 0.25) is 0 Å². The number of carbonyl (C=O) groups is 1. The fourth-order valence-corrected chi connectivity index (χ4v) is 1.67. The van der Waals surface area contributed by atoms with Gasteiger partial charge in [0.05, 0.1) is 11.9 Å². The number of fused-ring (bicyclic) bond motifs is 1. The van der Waals surface area contributed by atoms with Crippen molar-refractivity contribution in [2.75, 3.05) is 0 Å². The van der Waals surface area contributed by atoms with Crippen LogP contribution in [-0.4, -0.2) is 21.3 Å². The number of aromatic nitrogens is 2. The third kappa shape index (κ3) is 1.47. The average Bonchev–Trinajstić information content (AvgIpc) is 2.51. The molecule has 1 aromatic heterocycles. The van der Waals surface area contributed by atoms with E-state index in [0.717, 1.165) is 36.1 Å². The monoisotopic (exact) mass is 178 g/mol. The molecular weight excluding hydrogens is 168 g/mol. The minimum Gasteiger partial charge on any atom is -0.478 e. The fraction of sp³-hybridized carbons (Fsp3) is 0.333. The summed E-state index contributed by atoms with van der Waals surface area (Å²) in [6.45, 7) is 0. The molecule has 0 amide bonds. The van der Waals surface area contributed by atoms with Crippen molar-refractivity contribution < 1.29 is 9.90 Å². The van der Waals surface area contributed by atoms with Crippen LogP contribution < -0.4 is 0 Å². The Labute approximate surface area is 75.3 Å². The van der Waals surface area contributed by atoms with Gasteiger partial charge in [-0.05, 0) is 30.4 Å². The summed E-state index contributed by atoms with van der Waals surface area (Å²) in [6.07, 6.45) is 5.84. The van der Waals surface area contributed by atoms with E-state index < -0.39 is 5.97 Å². The van der Waals surface area contributed by atoms with E-state index in [-0.39, 0.29) is 0 Å². The summed E-state index contributed by atoms with van der Waals surface area (Å²) in [6, 6.07) is 0. The minimum absolute atomic E-state index is 0.821. The van der Waals surface area contributed by atoms with Crippen LogP contribution in [0, 0.1) is 0 Å². The first-order valence-corrected chi connectivity index (χ1v) is 4.23. The van der Waals surface area contributed by atoms with E-state index >= 15 is 0 Å². The Kier molecular flexibility index (Phi) is 1.88. The van der Waals surface area contributed by atoms with E-state index in [1.807, 2.05) is 0 Å². The van der Waals surface area contributed by atoms with E-state index in [4.69, 9.17) is 5.11 Å². The van der Waals surface area contributed by atoms with E-state index in [1.165, 1.54) is 6.08 Å². The van der Waals surface area contributed by atoms with Gasteiger partial charge in [0.1, 0.15) is 0 Å². The third-order valence-corrected chi connectivity index (χ3v) is 2.23. The zero-order valence-corrected chi connectivity index (χ0v) is 7.08. The summed E-state index contributed by atoms with van der Waals surface area (Å²) in [5.74, 6) is -0.891. The van der Waals surface area contributed by atoms with Crippen molar-refractivity contribution in [3.05, 3.63) is 23.5 Å². The molecule has 0 fully saturated rings. The predicted octanol–water partition coefficient (Wildman–Crippen LogP) is 1.21. The zero-order chi connectivity index (χ0) is 9.26. The van der Waals surface area contributed by atoms with Crippen molar-refractivity contribution in [3.8, 4) is 0 Å². The lowest BCUT2D eigenvalue weighted by Gasteiger charge is -2.12. The van der Waals surface area contributed by atoms with Gasteiger partial charge in [-0.1, -0.05) is 0 Å². The lowest BCUT2D eigenvalue weighted by molar-refractivity contribution is -0.131. The van der Waals surface area contributed by atoms with Crippen LogP contribution in [0.2, 0.25) is 0 Å². The number of hydrogen-bond acceptors (Lipinski definition) is 2. The molecule has 4 heteroatoms. The van der Waals surface area contributed by atoms with Gasteiger partial charge < -0.3 is 5.11 Å². The summed E-state index contributed by atoms with van der Waals surface area (Å²) in [5.41, 5.74) is 2.87. The number of nitrogens with one attached hydrogen (secondary N) is 1. The molecule has 0 atom stereocenters. The van der Waals surface area contributed by atoms with Gasteiger partial charge in [0, 0.05) is 6.08 Å². The van der Waals surface area contributed by atoms with Crippen LogP contribution in [0.15, 0.2) is 12.3 Å². The van der Waals surface area contributed by atoms with Gasteiger partial charge in [-0.2, -0.15) is 5.10 Å². The first-order chi connectivity index (χ1) is 6.27. The van der Waals surface area contributed by atoms with Gasteiger partial charge in [0.15, 0.2) is 0 Å². The molecule has 0 aromatic carbocycles. The van der Waals surface area contributed by atoms with E-state index in [2.05, 4.69) is 10.2 Å². The van der Waals surface area contributed by atoms with Crippen molar-refractivity contribution in [2.24, 2.45) is 0 Å². The van der Waals surface area contributed by atoms with Crippen molar-refractivity contribution in [1.82, 2.24) is 10.2 Å². The molecule has 1 aliphatic carbocycles. The molecule has 1 aromatic rings. The van der Waals surface area contributed by atoms with Crippen molar-refractivity contribution >= 4 is 11.5 Å². The van der Waals surface area contributed by atoms with E-state index in [0.29, 0.717) is 0 Å². The number of carboxylic acids is 1. The molecule has 0 bridgehead atoms. The first kappa shape index (κ1) is 8.04.